The molecular weight excluding hydrogens is 166 g/mol. The predicted octanol–water partition coefficient (Wildman–Crippen LogP) is 0.914. The van der Waals surface area contributed by atoms with Crippen molar-refractivity contribution in [2.45, 2.75) is 51.4 Å². The van der Waals surface area contributed by atoms with Crippen molar-refractivity contribution in [1.29, 1.82) is 0 Å². The van der Waals surface area contributed by atoms with E-state index in [0.29, 0.717) is 6.54 Å². The Morgan fingerprint density at radius 2 is 2.00 bits per heavy atom. The zero-order chi connectivity index (χ0) is 9.90. The molecule has 78 valence electrons. The molecule has 1 rings (SSSR count). The van der Waals surface area contributed by atoms with E-state index in [1.807, 2.05) is 0 Å². The molecule has 0 aromatic rings. The van der Waals surface area contributed by atoms with Crippen LogP contribution in [0.1, 0.15) is 33.6 Å². The van der Waals surface area contributed by atoms with Crippen molar-refractivity contribution in [2.75, 3.05) is 13.1 Å². The zero-order valence-corrected chi connectivity index (χ0v) is 8.84. The lowest BCUT2D eigenvalue weighted by Gasteiger charge is -2.31. The Labute approximate surface area is 80.5 Å². The van der Waals surface area contributed by atoms with Crippen LogP contribution in [0, 0.1) is 0 Å². The quantitative estimate of drug-likeness (QED) is 0.687. The van der Waals surface area contributed by atoms with Gasteiger partial charge in [-0.05, 0) is 19.8 Å². The molecule has 0 aromatic heterocycles. The van der Waals surface area contributed by atoms with E-state index in [9.17, 15) is 5.11 Å². The van der Waals surface area contributed by atoms with Crippen LogP contribution in [0.25, 0.3) is 0 Å². The minimum atomic E-state index is -0.336. The lowest BCUT2D eigenvalue weighted by atomic mass is 9.99. The molecule has 0 radical (unpaired) electrons. The molecule has 3 heteroatoms. The first-order valence-electron chi connectivity index (χ1n) is 5.18. The third-order valence-electron chi connectivity index (χ3n) is 3.06. The molecule has 0 saturated carbocycles. The van der Waals surface area contributed by atoms with Gasteiger partial charge in [0.1, 0.15) is 0 Å². The first-order valence-corrected chi connectivity index (χ1v) is 5.18. The van der Waals surface area contributed by atoms with Crippen LogP contribution < -0.4 is 5.32 Å². The highest BCUT2D eigenvalue weighted by atomic mass is 16.5. The zero-order valence-electron chi connectivity index (χ0n) is 8.84. The highest BCUT2D eigenvalue weighted by Gasteiger charge is 2.32. The summed E-state index contributed by atoms with van der Waals surface area (Å²) in [6.45, 7) is 7.79. The molecule has 0 amide bonds. The van der Waals surface area contributed by atoms with E-state index in [1.165, 1.54) is 0 Å². The maximum Gasteiger partial charge on any atom is 0.0977 e. The molecule has 0 bridgehead atoms. The topological polar surface area (TPSA) is 41.5 Å². The number of aliphatic hydroxyl groups is 1. The summed E-state index contributed by atoms with van der Waals surface area (Å²) in [4.78, 5) is 0. The molecule has 1 fully saturated rings. The fourth-order valence-electron chi connectivity index (χ4n) is 1.54. The molecular formula is C10H21NO2. The van der Waals surface area contributed by atoms with Crippen molar-refractivity contribution in [2.24, 2.45) is 0 Å². The maximum absolute atomic E-state index is 9.56. The highest BCUT2D eigenvalue weighted by Crippen LogP contribution is 2.23. The molecule has 13 heavy (non-hydrogen) atoms. The van der Waals surface area contributed by atoms with Gasteiger partial charge in [-0.25, -0.2) is 0 Å². The summed E-state index contributed by atoms with van der Waals surface area (Å²) < 4.78 is 5.90. The Hall–Kier alpha value is -0.120. The molecule has 2 atom stereocenters. The van der Waals surface area contributed by atoms with E-state index >= 15 is 0 Å². The van der Waals surface area contributed by atoms with Gasteiger partial charge in [0, 0.05) is 13.1 Å². The smallest absolute Gasteiger partial charge is 0.0977 e. The second kappa shape index (κ2) is 4.40. The molecule has 0 spiro atoms. The van der Waals surface area contributed by atoms with Crippen molar-refractivity contribution < 1.29 is 9.84 Å². The molecule has 0 unspecified atom stereocenters. The average Bonchev–Trinajstić information content (AvgIpc) is 2.52. The first kappa shape index (κ1) is 11.0. The fourth-order valence-corrected chi connectivity index (χ4v) is 1.54. The van der Waals surface area contributed by atoms with Gasteiger partial charge < -0.3 is 15.2 Å². The normalized spacial score (nSPS) is 29.5. The summed E-state index contributed by atoms with van der Waals surface area (Å²) in [5.74, 6) is 0. The standard InChI is InChI=1S/C10H21NO2/c1-4-10(3,5-2)13-9-7-11-6-8(9)12/h8-9,11-12H,4-7H2,1-3H3/t8-,9-/m1/s1. The Bertz CT molecular complexity index is 157. The predicted molar refractivity (Wildman–Crippen MR) is 52.7 cm³/mol. The lowest BCUT2D eigenvalue weighted by molar-refractivity contribution is -0.112. The van der Waals surface area contributed by atoms with Crippen LogP contribution in [0.5, 0.6) is 0 Å². The van der Waals surface area contributed by atoms with Gasteiger partial charge in [-0.3, -0.25) is 0 Å². The van der Waals surface area contributed by atoms with Crippen molar-refractivity contribution >= 4 is 0 Å². The van der Waals surface area contributed by atoms with Gasteiger partial charge in [0.15, 0.2) is 0 Å². The number of hydrogen-bond acceptors (Lipinski definition) is 3. The lowest BCUT2D eigenvalue weighted by Crippen LogP contribution is -2.38. The molecule has 2 N–H and O–H groups in total. The van der Waals surface area contributed by atoms with Gasteiger partial charge >= 0.3 is 0 Å². The largest absolute Gasteiger partial charge is 0.389 e. The number of β-amino-alcohol motifs (C(OH)–C–C–N with tert-alkyl or cyclic N) is 1. The van der Waals surface area contributed by atoms with Gasteiger partial charge in [-0.1, -0.05) is 13.8 Å². The molecule has 1 heterocycles. The maximum atomic E-state index is 9.56. The molecule has 0 aliphatic carbocycles. The second-order valence-electron chi connectivity index (χ2n) is 4.04. The number of aliphatic hydroxyl groups excluding tert-OH is 1. The number of rotatable bonds is 4. The first-order chi connectivity index (χ1) is 6.11. The van der Waals surface area contributed by atoms with Crippen molar-refractivity contribution in [1.82, 2.24) is 5.32 Å². The average molecular weight is 187 g/mol. The van der Waals surface area contributed by atoms with Crippen LogP contribution in [0.3, 0.4) is 0 Å². The summed E-state index contributed by atoms with van der Waals surface area (Å²) >= 11 is 0. The SMILES string of the molecule is CCC(C)(CC)O[C@@H]1CNC[C@H]1O. The van der Waals surface area contributed by atoms with Crippen molar-refractivity contribution in [3.63, 3.8) is 0 Å². The van der Waals surface area contributed by atoms with E-state index in [0.717, 1.165) is 19.4 Å². The molecule has 3 nitrogen and oxygen atoms in total. The summed E-state index contributed by atoms with van der Waals surface area (Å²) in [5.41, 5.74) is -0.0718. The second-order valence-corrected chi connectivity index (χ2v) is 4.04. The monoisotopic (exact) mass is 187 g/mol. The van der Waals surface area contributed by atoms with E-state index in [1.54, 1.807) is 0 Å². The Balaban J connectivity index is 2.45. The number of ether oxygens (including phenoxy) is 1. The van der Waals surface area contributed by atoms with Gasteiger partial charge in [0.2, 0.25) is 0 Å². The van der Waals surface area contributed by atoms with E-state index in [2.05, 4.69) is 26.1 Å². The summed E-state index contributed by atoms with van der Waals surface area (Å²) in [5, 5.41) is 12.7. The van der Waals surface area contributed by atoms with Crippen molar-refractivity contribution in [3.8, 4) is 0 Å². The Morgan fingerprint density at radius 3 is 2.38 bits per heavy atom. The van der Waals surface area contributed by atoms with Crippen molar-refractivity contribution in [3.05, 3.63) is 0 Å². The van der Waals surface area contributed by atoms with Crippen LogP contribution in [0.4, 0.5) is 0 Å². The van der Waals surface area contributed by atoms with Gasteiger partial charge in [0.25, 0.3) is 0 Å². The molecule has 1 aliphatic rings. The van der Waals surface area contributed by atoms with Crippen LogP contribution >= 0.6 is 0 Å². The van der Waals surface area contributed by atoms with Crippen LogP contribution in [0.2, 0.25) is 0 Å². The van der Waals surface area contributed by atoms with Crippen LogP contribution in [-0.2, 0) is 4.74 Å². The molecule has 1 saturated heterocycles. The minimum Gasteiger partial charge on any atom is -0.389 e. The Kier molecular flexibility index (Phi) is 3.71. The molecule has 1 aliphatic heterocycles. The number of hydrogen-bond donors (Lipinski definition) is 2. The summed E-state index contributed by atoms with van der Waals surface area (Å²) in [6, 6.07) is 0. The number of nitrogens with one attached hydrogen (secondary N) is 1. The van der Waals surface area contributed by atoms with Crippen LogP contribution in [-0.4, -0.2) is 36.0 Å². The summed E-state index contributed by atoms with van der Waals surface area (Å²) in [6.07, 6.45) is 1.63. The molecule has 0 aromatic carbocycles. The third-order valence-corrected chi connectivity index (χ3v) is 3.06. The van der Waals surface area contributed by atoms with E-state index in [4.69, 9.17) is 4.74 Å². The Morgan fingerprint density at radius 1 is 1.38 bits per heavy atom. The van der Waals surface area contributed by atoms with Gasteiger partial charge in [0.05, 0.1) is 17.8 Å². The third kappa shape index (κ3) is 2.66. The highest BCUT2D eigenvalue weighted by molar-refractivity contribution is 4.85. The van der Waals surface area contributed by atoms with E-state index < -0.39 is 0 Å². The van der Waals surface area contributed by atoms with Crippen LogP contribution in [0.15, 0.2) is 0 Å². The van der Waals surface area contributed by atoms with E-state index in [-0.39, 0.29) is 17.8 Å². The minimum absolute atomic E-state index is 0.0232. The van der Waals surface area contributed by atoms with Gasteiger partial charge in [-0.2, -0.15) is 0 Å². The van der Waals surface area contributed by atoms with Gasteiger partial charge in [-0.15, -0.1) is 0 Å². The summed E-state index contributed by atoms with van der Waals surface area (Å²) in [7, 11) is 0. The fraction of sp³-hybridized carbons (Fsp3) is 1.00.